The highest BCUT2D eigenvalue weighted by Gasteiger charge is 2.12. The fourth-order valence-electron chi connectivity index (χ4n) is 3.45. The maximum Gasteiger partial charge on any atom is 0.143 e. The Morgan fingerprint density at radius 2 is 1.20 bits per heavy atom. The predicted octanol–water partition coefficient (Wildman–Crippen LogP) is 6.92. The second-order valence-corrected chi connectivity index (χ2v) is 6.23. The molecule has 0 atom stereocenters. The highest BCUT2D eigenvalue weighted by atomic mass is 16.3. The second-order valence-electron chi connectivity index (χ2n) is 6.23. The van der Waals surface area contributed by atoms with E-state index >= 15 is 0 Å². The van der Waals surface area contributed by atoms with Gasteiger partial charge in [0.25, 0.3) is 0 Å². The summed E-state index contributed by atoms with van der Waals surface area (Å²) < 4.78 is 6.23. The third-order valence-corrected chi connectivity index (χ3v) is 4.69. The average molecular weight is 320 g/mol. The lowest BCUT2D eigenvalue weighted by Gasteiger charge is -2.02. The van der Waals surface area contributed by atoms with E-state index in [9.17, 15) is 0 Å². The van der Waals surface area contributed by atoms with Crippen molar-refractivity contribution in [2.24, 2.45) is 0 Å². The molecule has 0 bridgehead atoms. The van der Waals surface area contributed by atoms with Gasteiger partial charge < -0.3 is 4.42 Å². The maximum atomic E-state index is 6.23. The minimum absolute atomic E-state index is 0.929. The highest BCUT2D eigenvalue weighted by molar-refractivity contribution is 6.10. The number of rotatable bonds is 2. The molecule has 5 aromatic rings. The van der Waals surface area contributed by atoms with E-state index in [1.165, 1.54) is 16.7 Å². The molecule has 0 saturated carbocycles. The van der Waals surface area contributed by atoms with Crippen molar-refractivity contribution in [2.45, 2.75) is 0 Å². The predicted molar refractivity (Wildman–Crippen MR) is 105 cm³/mol. The molecular formula is C24H16O. The van der Waals surface area contributed by atoms with Crippen LogP contribution in [0.5, 0.6) is 0 Å². The normalized spacial score (nSPS) is 11.2. The van der Waals surface area contributed by atoms with Crippen molar-refractivity contribution in [3.8, 4) is 22.3 Å². The van der Waals surface area contributed by atoms with Crippen molar-refractivity contribution >= 4 is 21.9 Å². The number of benzene rings is 4. The van der Waals surface area contributed by atoms with Crippen LogP contribution in [0.3, 0.4) is 0 Å². The van der Waals surface area contributed by atoms with Gasteiger partial charge in [-0.25, -0.2) is 0 Å². The topological polar surface area (TPSA) is 13.1 Å². The molecule has 25 heavy (non-hydrogen) atoms. The Labute approximate surface area is 146 Å². The van der Waals surface area contributed by atoms with Crippen LogP contribution in [0.4, 0.5) is 0 Å². The fraction of sp³-hybridized carbons (Fsp3) is 0. The molecule has 0 spiro atoms. The van der Waals surface area contributed by atoms with E-state index in [-0.39, 0.29) is 0 Å². The van der Waals surface area contributed by atoms with Crippen LogP contribution in [0.15, 0.2) is 101 Å². The van der Waals surface area contributed by atoms with E-state index in [0.29, 0.717) is 0 Å². The molecule has 0 unspecified atom stereocenters. The Kier molecular flexibility index (Phi) is 3.17. The smallest absolute Gasteiger partial charge is 0.143 e. The van der Waals surface area contributed by atoms with Crippen LogP contribution in [0.1, 0.15) is 0 Å². The molecule has 0 radical (unpaired) electrons. The molecule has 1 nitrogen and oxygen atoms in total. The summed E-state index contributed by atoms with van der Waals surface area (Å²) in [6, 6.07) is 33.7. The Hall–Kier alpha value is -3.32. The van der Waals surface area contributed by atoms with Gasteiger partial charge in [0.1, 0.15) is 11.2 Å². The van der Waals surface area contributed by atoms with Crippen LogP contribution in [-0.4, -0.2) is 0 Å². The minimum Gasteiger partial charge on any atom is -0.455 e. The van der Waals surface area contributed by atoms with Gasteiger partial charge in [0.15, 0.2) is 0 Å². The first kappa shape index (κ1) is 14.1. The Balaban J connectivity index is 1.77. The van der Waals surface area contributed by atoms with Crippen LogP contribution in [0.2, 0.25) is 0 Å². The van der Waals surface area contributed by atoms with Crippen LogP contribution in [-0.2, 0) is 0 Å². The lowest BCUT2D eigenvalue weighted by atomic mass is 10.0. The Morgan fingerprint density at radius 3 is 1.96 bits per heavy atom. The second kappa shape index (κ2) is 5.64. The summed E-state index contributed by atoms with van der Waals surface area (Å²) in [5.74, 6) is 0. The van der Waals surface area contributed by atoms with Crippen LogP contribution >= 0.6 is 0 Å². The minimum atomic E-state index is 0.929. The van der Waals surface area contributed by atoms with Crippen molar-refractivity contribution in [2.75, 3.05) is 0 Å². The molecule has 4 aromatic carbocycles. The van der Waals surface area contributed by atoms with Crippen molar-refractivity contribution in [3.63, 3.8) is 0 Å². The first-order chi connectivity index (χ1) is 12.4. The van der Waals surface area contributed by atoms with Gasteiger partial charge in [-0.2, -0.15) is 0 Å². The number of hydrogen-bond acceptors (Lipinski definition) is 1. The van der Waals surface area contributed by atoms with E-state index in [4.69, 9.17) is 4.42 Å². The molecule has 1 heterocycles. The van der Waals surface area contributed by atoms with Crippen LogP contribution in [0.25, 0.3) is 44.2 Å². The van der Waals surface area contributed by atoms with Gasteiger partial charge in [-0.1, -0.05) is 84.9 Å². The number of furan rings is 1. The zero-order valence-corrected chi connectivity index (χ0v) is 13.6. The van der Waals surface area contributed by atoms with Gasteiger partial charge in [-0.3, -0.25) is 0 Å². The van der Waals surface area contributed by atoms with Crippen LogP contribution < -0.4 is 0 Å². The third-order valence-electron chi connectivity index (χ3n) is 4.69. The fourth-order valence-corrected chi connectivity index (χ4v) is 3.45. The quantitative estimate of drug-likeness (QED) is 0.344. The molecule has 118 valence electrons. The number of fused-ring (bicyclic) bond motifs is 3. The third kappa shape index (κ3) is 2.33. The summed E-state index contributed by atoms with van der Waals surface area (Å²) in [6.45, 7) is 0. The molecule has 1 heteroatoms. The number of para-hydroxylation sites is 1. The Morgan fingerprint density at radius 1 is 0.480 bits per heavy atom. The van der Waals surface area contributed by atoms with Gasteiger partial charge in [0, 0.05) is 16.3 Å². The van der Waals surface area contributed by atoms with E-state index in [1.54, 1.807) is 0 Å². The van der Waals surface area contributed by atoms with Crippen molar-refractivity contribution < 1.29 is 4.42 Å². The lowest BCUT2D eigenvalue weighted by Crippen LogP contribution is -1.78. The molecule has 0 aliphatic rings. The van der Waals surface area contributed by atoms with E-state index < -0.39 is 0 Å². The summed E-state index contributed by atoms with van der Waals surface area (Å²) in [4.78, 5) is 0. The largest absolute Gasteiger partial charge is 0.455 e. The summed E-state index contributed by atoms with van der Waals surface area (Å²) in [5, 5.41) is 2.32. The first-order valence-electron chi connectivity index (χ1n) is 8.46. The van der Waals surface area contributed by atoms with E-state index in [0.717, 1.165) is 27.5 Å². The van der Waals surface area contributed by atoms with E-state index in [2.05, 4.69) is 84.9 Å². The van der Waals surface area contributed by atoms with Gasteiger partial charge >= 0.3 is 0 Å². The maximum absolute atomic E-state index is 6.23. The zero-order chi connectivity index (χ0) is 16.6. The van der Waals surface area contributed by atoms with Crippen molar-refractivity contribution in [3.05, 3.63) is 97.1 Å². The monoisotopic (exact) mass is 320 g/mol. The molecule has 0 saturated heterocycles. The van der Waals surface area contributed by atoms with Gasteiger partial charge in [0.2, 0.25) is 0 Å². The molecule has 0 amide bonds. The standard InChI is InChI=1S/C24H16O/c1-3-8-17(9-4-1)19-14-15-23-22(16-19)21-13-7-12-20(24(21)25-23)18-10-5-2-6-11-18/h1-16H. The molecular weight excluding hydrogens is 304 g/mol. The van der Waals surface area contributed by atoms with Crippen molar-refractivity contribution in [1.82, 2.24) is 0 Å². The SMILES string of the molecule is c1ccc(-c2ccc3oc4c(-c5ccccc5)cccc4c3c2)cc1. The van der Waals surface area contributed by atoms with Crippen molar-refractivity contribution in [1.29, 1.82) is 0 Å². The first-order valence-corrected chi connectivity index (χ1v) is 8.46. The average Bonchev–Trinajstić information content (AvgIpc) is 3.07. The molecule has 5 rings (SSSR count). The summed E-state index contributed by atoms with van der Waals surface area (Å²) in [5.41, 5.74) is 6.62. The molecule has 0 aliphatic heterocycles. The van der Waals surface area contributed by atoms with Gasteiger partial charge in [-0.15, -0.1) is 0 Å². The van der Waals surface area contributed by atoms with Gasteiger partial charge in [-0.05, 0) is 28.8 Å². The Bertz CT molecular complexity index is 1170. The molecule has 0 aliphatic carbocycles. The molecule has 1 aromatic heterocycles. The lowest BCUT2D eigenvalue weighted by molar-refractivity contribution is 0.670. The summed E-state index contributed by atoms with van der Waals surface area (Å²) in [7, 11) is 0. The zero-order valence-electron chi connectivity index (χ0n) is 13.6. The summed E-state index contributed by atoms with van der Waals surface area (Å²) >= 11 is 0. The molecule has 0 fully saturated rings. The van der Waals surface area contributed by atoms with Crippen LogP contribution in [0, 0.1) is 0 Å². The van der Waals surface area contributed by atoms with Gasteiger partial charge in [0.05, 0.1) is 0 Å². The summed E-state index contributed by atoms with van der Waals surface area (Å²) in [6.07, 6.45) is 0. The highest BCUT2D eigenvalue weighted by Crippen LogP contribution is 2.37. The van der Waals surface area contributed by atoms with E-state index in [1.807, 2.05) is 12.1 Å². The number of hydrogen-bond donors (Lipinski definition) is 0. The molecule has 0 N–H and O–H groups in total.